The molecule has 90 valence electrons. The molecule has 0 aliphatic heterocycles. The molecule has 4 heteroatoms. The molecule has 0 aromatic heterocycles. The predicted molar refractivity (Wildman–Crippen MR) is 75.4 cm³/mol. The van der Waals surface area contributed by atoms with Gasteiger partial charge in [-0.1, -0.05) is 53.0 Å². The van der Waals surface area contributed by atoms with Crippen LogP contribution in [0.1, 0.15) is 17.0 Å². The molecule has 0 bridgehead atoms. The molecule has 0 aliphatic carbocycles. The van der Waals surface area contributed by atoms with Gasteiger partial charge in [-0.05, 0) is 29.8 Å². The summed E-state index contributed by atoms with van der Waals surface area (Å²) in [5, 5.41) is 11.0. The maximum Gasteiger partial charge on any atom is 0.0991 e. The van der Waals surface area contributed by atoms with Gasteiger partial charge in [0.15, 0.2) is 0 Å². The van der Waals surface area contributed by atoms with Crippen LogP contribution in [0.15, 0.2) is 42.5 Å². The molecule has 0 spiro atoms. The lowest BCUT2D eigenvalue weighted by atomic mass is 9.92. The second-order valence-corrected chi connectivity index (χ2v) is 5.00. The Hall–Kier alpha value is -1.20. The molecule has 0 saturated carbocycles. The van der Waals surface area contributed by atoms with Crippen LogP contribution in [0.25, 0.3) is 0 Å². The third-order valence-corrected chi connectivity index (χ3v) is 3.53. The quantitative estimate of drug-likeness (QED) is 0.737. The molecule has 0 aliphatic rings. The molecule has 1 nitrogen and oxygen atoms in total. The van der Waals surface area contributed by atoms with Crippen LogP contribution in [-0.4, -0.2) is 0 Å². The third-order valence-electron chi connectivity index (χ3n) is 2.62. The normalized spacial score (nSPS) is 11.9. The van der Waals surface area contributed by atoms with Crippen LogP contribution in [0.3, 0.4) is 0 Å². The van der Waals surface area contributed by atoms with Crippen molar-refractivity contribution in [2.45, 2.75) is 5.92 Å². The number of hydrogen-bond donors (Lipinski definition) is 0. The van der Waals surface area contributed by atoms with Crippen LogP contribution in [0, 0.1) is 11.3 Å². The molecule has 0 unspecified atom stereocenters. The summed E-state index contributed by atoms with van der Waals surface area (Å²) in [6, 6.07) is 14.5. The fraction of sp³-hybridized carbons (Fsp3) is 0.0714. The summed E-state index contributed by atoms with van der Waals surface area (Å²) in [7, 11) is 0. The van der Waals surface area contributed by atoms with Gasteiger partial charge in [0.05, 0.1) is 12.0 Å². The van der Waals surface area contributed by atoms with Crippen molar-refractivity contribution >= 4 is 34.8 Å². The summed E-state index contributed by atoms with van der Waals surface area (Å²) in [6.45, 7) is 0. The Bertz CT molecular complexity index is 579. The lowest BCUT2D eigenvalue weighted by Gasteiger charge is -2.13. The molecule has 0 saturated heterocycles. The first-order valence-corrected chi connectivity index (χ1v) is 6.36. The summed E-state index contributed by atoms with van der Waals surface area (Å²) in [6.07, 6.45) is 0. The summed E-state index contributed by atoms with van der Waals surface area (Å²) >= 11 is 18.1. The van der Waals surface area contributed by atoms with Crippen LogP contribution < -0.4 is 0 Å². The highest BCUT2D eigenvalue weighted by Crippen LogP contribution is 2.35. The summed E-state index contributed by atoms with van der Waals surface area (Å²) in [5.74, 6) is -0.497. The Morgan fingerprint density at radius 2 is 1.44 bits per heavy atom. The molecule has 0 amide bonds. The first-order valence-electron chi connectivity index (χ1n) is 5.22. The van der Waals surface area contributed by atoms with Crippen molar-refractivity contribution in [3.63, 3.8) is 0 Å². The van der Waals surface area contributed by atoms with E-state index in [0.717, 1.165) is 5.56 Å². The van der Waals surface area contributed by atoms with Gasteiger partial charge in [0.2, 0.25) is 0 Å². The van der Waals surface area contributed by atoms with Crippen LogP contribution in [-0.2, 0) is 0 Å². The van der Waals surface area contributed by atoms with Crippen molar-refractivity contribution in [3.8, 4) is 6.07 Å². The van der Waals surface area contributed by atoms with Gasteiger partial charge in [-0.25, -0.2) is 0 Å². The van der Waals surface area contributed by atoms with Gasteiger partial charge in [0.25, 0.3) is 0 Å². The van der Waals surface area contributed by atoms with E-state index in [4.69, 9.17) is 34.8 Å². The lowest BCUT2D eigenvalue weighted by molar-refractivity contribution is 1.04. The number of rotatable bonds is 2. The monoisotopic (exact) mass is 295 g/mol. The maximum absolute atomic E-state index is 9.35. The Kier molecular flexibility index (Phi) is 4.14. The number of nitrogens with zero attached hydrogens (tertiary/aromatic N) is 1. The van der Waals surface area contributed by atoms with E-state index in [-0.39, 0.29) is 0 Å². The fourth-order valence-electron chi connectivity index (χ4n) is 1.75. The second kappa shape index (κ2) is 5.63. The standard InChI is InChI=1S/C14H8Cl3N/c15-10-6-4-9(5-7-10)11(8-18)14-12(16)2-1-3-13(14)17/h1-7,11H/t11-/m1/s1. The Morgan fingerprint density at radius 3 is 1.94 bits per heavy atom. The molecule has 2 aromatic carbocycles. The van der Waals surface area contributed by atoms with E-state index in [1.54, 1.807) is 42.5 Å². The minimum atomic E-state index is -0.497. The Morgan fingerprint density at radius 1 is 0.889 bits per heavy atom. The highest BCUT2D eigenvalue weighted by molar-refractivity contribution is 6.36. The molecular weight excluding hydrogens is 289 g/mol. The van der Waals surface area contributed by atoms with Gasteiger partial charge in [0.1, 0.15) is 0 Å². The molecule has 1 atom stereocenters. The number of nitriles is 1. The summed E-state index contributed by atoms with van der Waals surface area (Å²) in [5.41, 5.74) is 1.45. The Balaban J connectivity index is 2.53. The minimum Gasteiger partial charge on any atom is -0.197 e. The maximum atomic E-state index is 9.35. The highest BCUT2D eigenvalue weighted by atomic mass is 35.5. The zero-order valence-corrected chi connectivity index (χ0v) is 11.5. The number of hydrogen-bond acceptors (Lipinski definition) is 1. The van der Waals surface area contributed by atoms with Crippen molar-refractivity contribution in [1.29, 1.82) is 5.26 Å². The van der Waals surface area contributed by atoms with Gasteiger partial charge in [0, 0.05) is 20.6 Å². The third kappa shape index (κ3) is 2.62. The van der Waals surface area contributed by atoms with Gasteiger partial charge in [-0.2, -0.15) is 5.26 Å². The first kappa shape index (κ1) is 13.2. The number of halogens is 3. The largest absolute Gasteiger partial charge is 0.197 e. The molecule has 0 fully saturated rings. The van der Waals surface area contributed by atoms with Gasteiger partial charge < -0.3 is 0 Å². The lowest BCUT2D eigenvalue weighted by Crippen LogP contribution is -2.00. The van der Waals surface area contributed by atoms with Crippen LogP contribution in [0.5, 0.6) is 0 Å². The topological polar surface area (TPSA) is 23.8 Å². The molecule has 0 radical (unpaired) electrons. The van der Waals surface area contributed by atoms with Crippen molar-refractivity contribution < 1.29 is 0 Å². The van der Waals surface area contributed by atoms with Crippen molar-refractivity contribution in [1.82, 2.24) is 0 Å². The van der Waals surface area contributed by atoms with Gasteiger partial charge >= 0.3 is 0 Å². The van der Waals surface area contributed by atoms with E-state index in [1.165, 1.54) is 0 Å². The van der Waals surface area contributed by atoms with E-state index >= 15 is 0 Å². The molecule has 2 aromatic rings. The Labute approximate surface area is 121 Å². The molecule has 0 heterocycles. The molecule has 2 rings (SSSR count). The number of benzene rings is 2. The predicted octanol–water partition coefficient (Wildman–Crippen LogP) is 5.30. The van der Waals surface area contributed by atoms with E-state index in [9.17, 15) is 5.26 Å². The van der Waals surface area contributed by atoms with Crippen molar-refractivity contribution in [2.75, 3.05) is 0 Å². The average molecular weight is 297 g/mol. The van der Waals surface area contributed by atoms with Gasteiger partial charge in [-0.3, -0.25) is 0 Å². The minimum absolute atomic E-state index is 0.490. The van der Waals surface area contributed by atoms with Crippen molar-refractivity contribution in [2.24, 2.45) is 0 Å². The highest BCUT2D eigenvalue weighted by Gasteiger charge is 2.19. The summed E-state index contributed by atoms with van der Waals surface area (Å²) < 4.78 is 0. The smallest absolute Gasteiger partial charge is 0.0991 e. The van der Waals surface area contributed by atoms with E-state index < -0.39 is 5.92 Å². The summed E-state index contributed by atoms with van der Waals surface area (Å²) in [4.78, 5) is 0. The molecule has 18 heavy (non-hydrogen) atoms. The average Bonchev–Trinajstić information content (AvgIpc) is 2.35. The first-order chi connectivity index (χ1) is 8.63. The van der Waals surface area contributed by atoms with E-state index in [0.29, 0.717) is 20.6 Å². The zero-order chi connectivity index (χ0) is 13.1. The van der Waals surface area contributed by atoms with Crippen molar-refractivity contribution in [3.05, 3.63) is 68.7 Å². The van der Waals surface area contributed by atoms with Crippen LogP contribution >= 0.6 is 34.8 Å². The molecule has 0 N–H and O–H groups in total. The van der Waals surface area contributed by atoms with Crippen LogP contribution in [0.2, 0.25) is 15.1 Å². The fourth-order valence-corrected chi connectivity index (χ4v) is 2.49. The SMILES string of the molecule is N#C[C@H](c1ccc(Cl)cc1)c1c(Cl)cccc1Cl. The van der Waals surface area contributed by atoms with Crippen LogP contribution in [0.4, 0.5) is 0 Å². The second-order valence-electron chi connectivity index (χ2n) is 3.75. The van der Waals surface area contributed by atoms with E-state index in [1.807, 2.05) is 0 Å². The van der Waals surface area contributed by atoms with Gasteiger partial charge in [-0.15, -0.1) is 0 Å². The van der Waals surface area contributed by atoms with E-state index in [2.05, 4.69) is 6.07 Å². The zero-order valence-electron chi connectivity index (χ0n) is 9.20. The molecular formula is C14H8Cl3N.